The van der Waals surface area contributed by atoms with Gasteiger partial charge in [0.2, 0.25) is 0 Å². The summed E-state index contributed by atoms with van der Waals surface area (Å²) in [7, 11) is 0. The van der Waals surface area contributed by atoms with Crippen molar-refractivity contribution in [3.05, 3.63) is 57.6 Å². The normalized spacial score (nSPS) is 10.5. The fraction of sp³-hybridized carbons (Fsp3) is 0.188. The quantitative estimate of drug-likeness (QED) is 0.867. The molecule has 19 heavy (non-hydrogen) atoms. The molecule has 0 aromatic heterocycles. The lowest BCUT2D eigenvalue weighted by molar-refractivity contribution is 0.0697. The van der Waals surface area contributed by atoms with Gasteiger partial charge in [0, 0.05) is 10.6 Å². The van der Waals surface area contributed by atoms with Crippen LogP contribution in [-0.2, 0) is 0 Å². The molecule has 1 N–H and O–H groups in total. The molecule has 3 heteroatoms. The summed E-state index contributed by atoms with van der Waals surface area (Å²) in [5.41, 5.74) is 5.42. The molecule has 2 nitrogen and oxygen atoms in total. The lowest BCUT2D eigenvalue weighted by atomic mass is 9.93. The molecule has 0 aliphatic carbocycles. The summed E-state index contributed by atoms with van der Waals surface area (Å²) in [5, 5.41) is 9.66. The van der Waals surface area contributed by atoms with Crippen LogP contribution in [0.2, 0.25) is 5.02 Å². The first-order valence-electron chi connectivity index (χ1n) is 6.01. The van der Waals surface area contributed by atoms with Gasteiger partial charge in [0.1, 0.15) is 0 Å². The van der Waals surface area contributed by atoms with E-state index in [1.165, 1.54) is 11.6 Å². The van der Waals surface area contributed by atoms with Crippen molar-refractivity contribution >= 4 is 17.6 Å². The number of benzene rings is 2. The molecule has 2 aromatic carbocycles. The minimum atomic E-state index is -0.944. The van der Waals surface area contributed by atoms with Gasteiger partial charge < -0.3 is 5.11 Å². The minimum Gasteiger partial charge on any atom is -0.478 e. The van der Waals surface area contributed by atoms with Gasteiger partial charge >= 0.3 is 5.97 Å². The van der Waals surface area contributed by atoms with E-state index in [0.29, 0.717) is 5.02 Å². The highest BCUT2D eigenvalue weighted by Crippen LogP contribution is 2.34. The van der Waals surface area contributed by atoms with Crippen LogP contribution in [-0.4, -0.2) is 11.1 Å². The predicted octanol–water partition coefficient (Wildman–Crippen LogP) is 4.63. The van der Waals surface area contributed by atoms with E-state index < -0.39 is 5.97 Å². The Morgan fingerprint density at radius 3 is 2.16 bits per heavy atom. The number of rotatable bonds is 2. The molecule has 0 fully saturated rings. The van der Waals surface area contributed by atoms with Crippen LogP contribution in [0.15, 0.2) is 30.3 Å². The SMILES string of the molecule is Cc1cc(C)c(-c2cc(C(=O)O)ccc2Cl)c(C)c1. The summed E-state index contributed by atoms with van der Waals surface area (Å²) >= 11 is 6.23. The van der Waals surface area contributed by atoms with Crippen molar-refractivity contribution in [2.75, 3.05) is 0 Å². The van der Waals surface area contributed by atoms with Gasteiger partial charge in [-0.15, -0.1) is 0 Å². The summed E-state index contributed by atoms with van der Waals surface area (Å²) in [5.74, 6) is -0.944. The number of carboxylic acids is 1. The maximum Gasteiger partial charge on any atom is 0.335 e. The minimum absolute atomic E-state index is 0.249. The number of carbonyl (C=O) groups is 1. The van der Waals surface area contributed by atoms with Gasteiger partial charge in [-0.2, -0.15) is 0 Å². The Kier molecular flexibility index (Phi) is 3.63. The first-order chi connectivity index (χ1) is 8.90. The largest absolute Gasteiger partial charge is 0.478 e. The van der Waals surface area contributed by atoms with Crippen LogP contribution < -0.4 is 0 Å². The number of aromatic carboxylic acids is 1. The molecule has 0 heterocycles. The lowest BCUT2D eigenvalue weighted by Gasteiger charge is -2.13. The third-order valence-corrected chi connectivity index (χ3v) is 3.49. The highest BCUT2D eigenvalue weighted by molar-refractivity contribution is 6.33. The molecule has 0 spiro atoms. The summed E-state index contributed by atoms with van der Waals surface area (Å²) in [4.78, 5) is 11.1. The molecule has 0 aliphatic heterocycles. The summed E-state index contributed by atoms with van der Waals surface area (Å²) in [6.45, 7) is 6.07. The van der Waals surface area contributed by atoms with Crippen LogP contribution >= 0.6 is 11.6 Å². The van der Waals surface area contributed by atoms with E-state index in [0.717, 1.165) is 22.3 Å². The van der Waals surface area contributed by atoms with Gasteiger partial charge in [-0.05, 0) is 55.7 Å². The van der Waals surface area contributed by atoms with Gasteiger partial charge in [0.25, 0.3) is 0 Å². The molecule has 0 aliphatic rings. The molecule has 0 radical (unpaired) electrons. The molecule has 98 valence electrons. The summed E-state index contributed by atoms with van der Waals surface area (Å²) in [6.07, 6.45) is 0. The topological polar surface area (TPSA) is 37.3 Å². The second kappa shape index (κ2) is 5.06. The predicted molar refractivity (Wildman–Crippen MR) is 78.1 cm³/mol. The Hall–Kier alpha value is -1.80. The zero-order valence-corrected chi connectivity index (χ0v) is 11.9. The van der Waals surface area contributed by atoms with Crippen molar-refractivity contribution in [2.24, 2.45) is 0 Å². The number of aryl methyl sites for hydroxylation is 3. The average Bonchev–Trinajstić information content (AvgIpc) is 2.29. The van der Waals surface area contributed by atoms with Crippen molar-refractivity contribution < 1.29 is 9.90 Å². The molecule has 0 saturated heterocycles. The first kappa shape index (κ1) is 13.6. The fourth-order valence-electron chi connectivity index (χ4n) is 2.45. The third kappa shape index (κ3) is 2.64. The van der Waals surface area contributed by atoms with Gasteiger partial charge in [-0.3, -0.25) is 0 Å². The standard InChI is InChI=1S/C16H15ClO2/c1-9-6-10(2)15(11(3)7-9)13-8-12(16(18)19)4-5-14(13)17/h4-8H,1-3H3,(H,18,19). The molecule has 0 amide bonds. The second-order valence-electron chi connectivity index (χ2n) is 4.77. The van der Waals surface area contributed by atoms with E-state index in [-0.39, 0.29) is 5.56 Å². The molecule has 0 atom stereocenters. The molecule has 2 aromatic rings. The molecule has 2 rings (SSSR count). The molecule has 0 bridgehead atoms. The van der Waals surface area contributed by atoms with Crippen LogP contribution in [0.5, 0.6) is 0 Å². The van der Waals surface area contributed by atoms with Crippen LogP contribution in [0.3, 0.4) is 0 Å². The number of carboxylic acid groups (broad SMARTS) is 1. The molecule has 0 saturated carbocycles. The Morgan fingerprint density at radius 1 is 1.05 bits per heavy atom. The Morgan fingerprint density at radius 2 is 1.63 bits per heavy atom. The van der Waals surface area contributed by atoms with E-state index in [9.17, 15) is 4.79 Å². The number of hydrogen-bond donors (Lipinski definition) is 1. The fourth-order valence-corrected chi connectivity index (χ4v) is 2.67. The van der Waals surface area contributed by atoms with Crippen LogP contribution in [0.1, 0.15) is 27.0 Å². The second-order valence-corrected chi connectivity index (χ2v) is 5.18. The summed E-state index contributed by atoms with van der Waals surface area (Å²) in [6, 6.07) is 8.94. The van der Waals surface area contributed by atoms with Gasteiger partial charge in [-0.25, -0.2) is 4.79 Å². The molecular formula is C16H15ClO2. The van der Waals surface area contributed by atoms with E-state index in [4.69, 9.17) is 16.7 Å². The van der Waals surface area contributed by atoms with E-state index in [1.54, 1.807) is 12.1 Å². The van der Waals surface area contributed by atoms with E-state index in [1.807, 2.05) is 20.8 Å². The molecular weight excluding hydrogens is 260 g/mol. The maximum atomic E-state index is 11.1. The van der Waals surface area contributed by atoms with Crippen molar-refractivity contribution in [3.63, 3.8) is 0 Å². The molecule has 0 unspecified atom stereocenters. The van der Waals surface area contributed by atoms with Gasteiger partial charge in [-0.1, -0.05) is 29.3 Å². The average molecular weight is 275 g/mol. The number of hydrogen-bond acceptors (Lipinski definition) is 1. The number of halogens is 1. The zero-order chi connectivity index (χ0) is 14.2. The maximum absolute atomic E-state index is 11.1. The third-order valence-electron chi connectivity index (χ3n) is 3.16. The Balaban J connectivity index is 2.71. The highest BCUT2D eigenvalue weighted by atomic mass is 35.5. The highest BCUT2D eigenvalue weighted by Gasteiger charge is 2.13. The van der Waals surface area contributed by atoms with Gasteiger partial charge in [0.05, 0.1) is 5.56 Å². The van der Waals surface area contributed by atoms with Crippen LogP contribution in [0.4, 0.5) is 0 Å². The van der Waals surface area contributed by atoms with Crippen molar-refractivity contribution in [3.8, 4) is 11.1 Å². The van der Waals surface area contributed by atoms with E-state index in [2.05, 4.69) is 12.1 Å². The van der Waals surface area contributed by atoms with Crippen molar-refractivity contribution in [1.82, 2.24) is 0 Å². The Bertz CT molecular complexity index is 637. The smallest absolute Gasteiger partial charge is 0.335 e. The van der Waals surface area contributed by atoms with Crippen LogP contribution in [0, 0.1) is 20.8 Å². The summed E-state index contributed by atoms with van der Waals surface area (Å²) < 4.78 is 0. The van der Waals surface area contributed by atoms with Crippen molar-refractivity contribution in [2.45, 2.75) is 20.8 Å². The van der Waals surface area contributed by atoms with Crippen molar-refractivity contribution in [1.29, 1.82) is 0 Å². The van der Waals surface area contributed by atoms with Crippen LogP contribution in [0.25, 0.3) is 11.1 Å². The zero-order valence-electron chi connectivity index (χ0n) is 11.1. The lowest BCUT2D eigenvalue weighted by Crippen LogP contribution is -1.98. The Labute approximate surface area is 117 Å². The first-order valence-corrected chi connectivity index (χ1v) is 6.39. The van der Waals surface area contributed by atoms with Gasteiger partial charge in [0.15, 0.2) is 0 Å². The van der Waals surface area contributed by atoms with E-state index >= 15 is 0 Å². The monoisotopic (exact) mass is 274 g/mol.